The van der Waals surface area contributed by atoms with Gasteiger partial charge in [-0.15, -0.1) is 0 Å². The molecule has 0 heterocycles. The maximum Gasteiger partial charge on any atom is 0.485 e. The zero-order chi connectivity index (χ0) is 18.5. The van der Waals surface area contributed by atoms with Crippen molar-refractivity contribution in [1.82, 2.24) is 0 Å². The standard InChI is InChI=1S/C14H14FS.CHF3O3S/c1-16(2)14-10-12(8-9-13(14)15)11-6-4-3-5-7-11;2-1(3,4)8(5,6)7/h3-10H,1-2H3;(H,5,6,7)/q+1;/p-1. The zero-order valence-electron chi connectivity index (χ0n) is 12.7. The SMILES string of the molecule is C[S+](C)c1cc(-c2ccccc2)ccc1F.O=S(=O)([O-])C(F)(F)F. The van der Waals surface area contributed by atoms with Crippen LogP contribution in [0.4, 0.5) is 17.6 Å². The van der Waals surface area contributed by atoms with Gasteiger partial charge in [-0.3, -0.25) is 0 Å². The molecule has 2 aromatic carbocycles. The van der Waals surface area contributed by atoms with Gasteiger partial charge in [0.1, 0.15) is 12.5 Å². The number of halogens is 4. The molecule has 0 atom stereocenters. The van der Waals surface area contributed by atoms with E-state index in [4.69, 9.17) is 13.0 Å². The largest absolute Gasteiger partial charge is 0.741 e. The van der Waals surface area contributed by atoms with E-state index in [-0.39, 0.29) is 16.7 Å². The van der Waals surface area contributed by atoms with Gasteiger partial charge in [0.2, 0.25) is 0 Å². The fourth-order valence-electron chi connectivity index (χ4n) is 1.63. The molecule has 9 heteroatoms. The highest BCUT2D eigenvalue weighted by atomic mass is 32.2. The Kier molecular flexibility index (Phi) is 6.82. The lowest BCUT2D eigenvalue weighted by Gasteiger charge is -2.08. The van der Waals surface area contributed by atoms with Gasteiger partial charge in [0, 0.05) is 17.0 Å². The highest BCUT2D eigenvalue weighted by Gasteiger charge is 2.36. The van der Waals surface area contributed by atoms with Crippen molar-refractivity contribution in [2.45, 2.75) is 10.4 Å². The van der Waals surface area contributed by atoms with Crippen molar-refractivity contribution < 1.29 is 30.5 Å². The molecule has 0 unspecified atom stereocenters. The maximum atomic E-state index is 13.5. The van der Waals surface area contributed by atoms with Crippen molar-refractivity contribution in [1.29, 1.82) is 0 Å². The van der Waals surface area contributed by atoms with Crippen LogP contribution in [0.5, 0.6) is 0 Å². The molecule has 0 fully saturated rings. The van der Waals surface area contributed by atoms with Crippen molar-refractivity contribution >= 4 is 21.0 Å². The van der Waals surface area contributed by atoms with Crippen molar-refractivity contribution in [2.75, 3.05) is 12.5 Å². The predicted octanol–water partition coefficient (Wildman–Crippen LogP) is 3.78. The van der Waals surface area contributed by atoms with Crippen LogP contribution in [0, 0.1) is 5.82 Å². The molecular formula is C15H14F4O3S2. The van der Waals surface area contributed by atoms with E-state index in [1.807, 2.05) is 55.0 Å². The van der Waals surface area contributed by atoms with E-state index >= 15 is 0 Å². The second-order valence-electron chi connectivity index (χ2n) is 4.73. The lowest BCUT2D eigenvalue weighted by Crippen LogP contribution is -2.21. The summed E-state index contributed by atoms with van der Waals surface area (Å²) in [5.74, 6) is -0.104. The normalized spacial score (nSPS) is 11.8. The molecule has 0 radical (unpaired) electrons. The van der Waals surface area contributed by atoms with Crippen LogP contribution < -0.4 is 0 Å². The molecule has 0 aliphatic rings. The van der Waals surface area contributed by atoms with Crippen molar-refractivity contribution in [3.8, 4) is 11.1 Å². The summed E-state index contributed by atoms with van der Waals surface area (Å²) in [5, 5.41) is 0. The minimum absolute atomic E-state index is 0.0496. The maximum absolute atomic E-state index is 13.5. The molecule has 0 aromatic heterocycles. The third-order valence-electron chi connectivity index (χ3n) is 2.76. The zero-order valence-corrected chi connectivity index (χ0v) is 14.3. The first kappa shape index (κ1) is 20.5. The van der Waals surface area contributed by atoms with Crippen LogP contribution in [0.25, 0.3) is 11.1 Å². The molecule has 0 amide bonds. The van der Waals surface area contributed by atoms with E-state index in [2.05, 4.69) is 0 Å². The van der Waals surface area contributed by atoms with E-state index < -0.39 is 15.6 Å². The van der Waals surface area contributed by atoms with Gasteiger partial charge < -0.3 is 4.55 Å². The first-order valence-corrected chi connectivity index (χ1v) is 9.83. The quantitative estimate of drug-likeness (QED) is 0.344. The van der Waals surface area contributed by atoms with E-state index in [9.17, 15) is 17.6 Å². The van der Waals surface area contributed by atoms with Crippen molar-refractivity contribution in [3.63, 3.8) is 0 Å². The molecule has 132 valence electrons. The summed E-state index contributed by atoms with van der Waals surface area (Å²) in [6.07, 6.45) is 4.07. The summed E-state index contributed by atoms with van der Waals surface area (Å²) >= 11 is 0. The fourth-order valence-corrected chi connectivity index (χ4v) is 2.45. The molecule has 0 saturated carbocycles. The minimum atomic E-state index is -6.09. The van der Waals surface area contributed by atoms with E-state index in [0.717, 1.165) is 16.0 Å². The van der Waals surface area contributed by atoms with Crippen LogP contribution in [-0.4, -0.2) is 31.0 Å². The molecule has 0 N–H and O–H groups in total. The number of hydrogen-bond donors (Lipinski definition) is 0. The van der Waals surface area contributed by atoms with Gasteiger partial charge in [-0.2, -0.15) is 13.2 Å². The Morgan fingerprint density at radius 3 is 1.88 bits per heavy atom. The second-order valence-corrected chi connectivity index (χ2v) is 8.17. The molecular weight excluding hydrogens is 368 g/mol. The molecule has 0 spiro atoms. The minimum Gasteiger partial charge on any atom is -0.741 e. The Labute approximate surface area is 140 Å². The summed E-state index contributed by atoms with van der Waals surface area (Å²) in [6, 6.07) is 15.4. The van der Waals surface area contributed by atoms with E-state index in [1.54, 1.807) is 6.07 Å². The van der Waals surface area contributed by atoms with Crippen LogP contribution in [0.15, 0.2) is 53.4 Å². The van der Waals surface area contributed by atoms with Gasteiger partial charge in [0.05, 0.1) is 0 Å². The Morgan fingerprint density at radius 2 is 1.46 bits per heavy atom. The summed E-state index contributed by atoms with van der Waals surface area (Å²) < 4.78 is 72.4. The van der Waals surface area contributed by atoms with E-state index in [1.165, 1.54) is 0 Å². The Bertz CT molecular complexity index is 773. The van der Waals surface area contributed by atoms with Gasteiger partial charge in [0.15, 0.2) is 20.8 Å². The number of rotatable bonds is 2. The first-order chi connectivity index (χ1) is 10.9. The second kappa shape index (κ2) is 8.00. The van der Waals surface area contributed by atoms with Crippen molar-refractivity contribution in [2.24, 2.45) is 0 Å². The lowest BCUT2D eigenvalue weighted by molar-refractivity contribution is -0.0517. The molecule has 3 nitrogen and oxygen atoms in total. The smallest absolute Gasteiger partial charge is 0.485 e. The molecule has 0 saturated heterocycles. The molecule has 0 aliphatic heterocycles. The molecule has 0 bridgehead atoms. The summed E-state index contributed by atoms with van der Waals surface area (Å²) in [4.78, 5) is 0.807. The molecule has 2 rings (SSSR count). The monoisotopic (exact) mass is 382 g/mol. The third-order valence-corrected chi connectivity index (χ3v) is 4.52. The Morgan fingerprint density at radius 1 is 0.958 bits per heavy atom. The number of hydrogen-bond acceptors (Lipinski definition) is 3. The first-order valence-electron chi connectivity index (χ1n) is 6.38. The summed E-state index contributed by atoms with van der Waals surface area (Å²) in [7, 11) is -6.14. The van der Waals surface area contributed by atoms with Gasteiger partial charge in [0.25, 0.3) is 0 Å². The highest BCUT2D eigenvalue weighted by Crippen LogP contribution is 2.24. The van der Waals surface area contributed by atoms with E-state index in [0.29, 0.717) is 0 Å². The summed E-state index contributed by atoms with van der Waals surface area (Å²) in [5.41, 5.74) is -3.43. The van der Waals surface area contributed by atoms with Crippen molar-refractivity contribution in [3.05, 3.63) is 54.3 Å². The van der Waals surface area contributed by atoms with Crippen LogP contribution >= 0.6 is 0 Å². The van der Waals surface area contributed by atoms with Crippen LogP contribution in [-0.2, 0) is 21.0 Å². The average Bonchev–Trinajstić information content (AvgIpc) is 2.47. The van der Waals surface area contributed by atoms with Gasteiger partial charge >= 0.3 is 5.51 Å². The van der Waals surface area contributed by atoms with Crippen LogP contribution in [0.2, 0.25) is 0 Å². The molecule has 24 heavy (non-hydrogen) atoms. The lowest BCUT2D eigenvalue weighted by atomic mass is 10.1. The predicted molar refractivity (Wildman–Crippen MR) is 85.1 cm³/mol. The Hall–Kier alpha value is -1.58. The number of benzene rings is 2. The third kappa shape index (κ3) is 5.81. The molecule has 2 aromatic rings. The average molecular weight is 382 g/mol. The summed E-state index contributed by atoms with van der Waals surface area (Å²) in [6.45, 7) is 0. The van der Waals surface area contributed by atoms with Gasteiger partial charge in [-0.25, -0.2) is 12.8 Å². The Balaban J connectivity index is 0.000000307. The van der Waals surface area contributed by atoms with Gasteiger partial charge in [-0.1, -0.05) is 36.4 Å². The van der Waals surface area contributed by atoms with Crippen LogP contribution in [0.1, 0.15) is 0 Å². The van der Waals surface area contributed by atoms with Gasteiger partial charge in [-0.05, 0) is 17.2 Å². The number of alkyl halides is 3. The fraction of sp³-hybridized carbons (Fsp3) is 0.200. The topological polar surface area (TPSA) is 57.2 Å². The molecule has 0 aliphatic carbocycles. The highest BCUT2D eigenvalue weighted by molar-refractivity contribution is 7.95. The van der Waals surface area contributed by atoms with Crippen LogP contribution in [0.3, 0.4) is 0 Å².